The molecule has 1 aliphatic rings. The van der Waals surface area contributed by atoms with E-state index in [2.05, 4.69) is 37.8 Å². The van der Waals surface area contributed by atoms with E-state index in [1.807, 2.05) is 0 Å². The smallest absolute Gasteiger partial charge is 0.0818 e. The van der Waals surface area contributed by atoms with Gasteiger partial charge in [-0.1, -0.05) is 46.5 Å². The van der Waals surface area contributed by atoms with Gasteiger partial charge in [0.2, 0.25) is 0 Å². The van der Waals surface area contributed by atoms with E-state index >= 15 is 0 Å². The van der Waals surface area contributed by atoms with Gasteiger partial charge in [0.05, 0.1) is 12.7 Å². The number of hydrogen-bond acceptors (Lipinski definition) is 3. The maximum atomic E-state index is 6.00. The summed E-state index contributed by atoms with van der Waals surface area (Å²) >= 11 is 2.05. The fourth-order valence-electron chi connectivity index (χ4n) is 2.78. The van der Waals surface area contributed by atoms with Gasteiger partial charge in [-0.3, -0.25) is 0 Å². The first-order valence-electron chi connectivity index (χ1n) is 8.24. The van der Waals surface area contributed by atoms with Gasteiger partial charge in [0.25, 0.3) is 0 Å². The molecule has 2 nitrogen and oxygen atoms in total. The minimum Gasteiger partial charge on any atom is -0.375 e. The van der Waals surface area contributed by atoms with Gasteiger partial charge in [-0.15, -0.1) is 0 Å². The highest BCUT2D eigenvalue weighted by Gasteiger charge is 2.26. The molecule has 1 saturated heterocycles. The van der Waals surface area contributed by atoms with E-state index in [1.165, 1.54) is 50.0 Å². The van der Waals surface area contributed by atoms with Gasteiger partial charge in [0, 0.05) is 17.5 Å². The van der Waals surface area contributed by atoms with Crippen LogP contribution in [0, 0.1) is 5.92 Å². The second-order valence-corrected chi connectivity index (χ2v) is 6.85. The Bertz CT molecular complexity index is 207. The van der Waals surface area contributed by atoms with Crippen LogP contribution in [-0.2, 0) is 4.74 Å². The summed E-state index contributed by atoms with van der Waals surface area (Å²) in [4.78, 5) is 0. The molecule has 0 amide bonds. The van der Waals surface area contributed by atoms with Crippen molar-refractivity contribution in [2.45, 2.75) is 71.4 Å². The summed E-state index contributed by atoms with van der Waals surface area (Å²) in [7, 11) is 0. The molecule has 1 rings (SSSR count). The Morgan fingerprint density at radius 3 is 2.68 bits per heavy atom. The lowest BCUT2D eigenvalue weighted by Crippen LogP contribution is -2.46. The van der Waals surface area contributed by atoms with E-state index < -0.39 is 0 Å². The Kier molecular flexibility index (Phi) is 10.0. The topological polar surface area (TPSA) is 21.3 Å². The number of unbranched alkanes of at least 4 members (excludes halogenated alkanes) is 1. The molecule has 0 spiro atoms. The van der Waals surface area contributed by atoms with Crippen molar-refractivity contribution in [2.24, 2.45) is 5.92 Å². The van der Waals surface area contributed by atoms with Crippen LogP contribution in [0.3, 0.4) is 0 Å². The fourth-order valence-corrected chi connectivity index (χ4v) is 3.72. The zero-order valence-corrected chi connectivity index (χ0v) is 13.9. The molecule has 19 heavy (non-hydrogen) atoms. The van der Waals surface area contributed by atoms with Crippen LogP contribution in [0.25, 0.3) is 0 Å². The van der Waals surface area contributed by atoms with Crippen LogP contribution in [0.15, 0.2) is 0 Å². The molecule has 3 atom stereocenters. The highest BCUT2D eigenvalue weighted by Crippen LogP contribution is 2.24. The van der Waals surface area contributed by atoms with Crippen molar-refractivity contribution >= 4 is 11.8 Å². The molecule has 0 aromatic carbocycles. The summed E-state index contributed by atoms with van der Waals surface area (Å²) < 4.78 is 6.00. The molecule has 3 unspecified atom stereocenters. The van der Waals surface area contributed by atoms with Crippen LogP contribution in [0.2, 0.25) is 0 Å². The SMILES string of the molecule is CCCCC(CC)CC(NCCC)C1CSCCO1. The monoisotopic (exact) mass is 287 g/mol. The summed E-state index contributed by atoms with van der Waals surface area (Å²) in [5.41, 5.74) is 0. The van der Waals surface area contributed by atoms with Crippen LogP contribution in [0.4, 0.5) is 0 Å². The van der Waals surface area contributed by atoms with Crippen molar-refractivity contribution in [2.75, 3.05) is 24.7 Å². The third kappa shape index (κ3) is 7.01. The minimum atomic E-state index is 0.431. The lowest BCUT2D eigenvalue weighted by atomic mass is 9.90. The lowest BCUT2D eigenvalue weighted by Gasteiger charge is -2.33. The quantitative estimate of drug-likeness (QED) is 0.654. The van der Waals surface area contributed by atoms with Gasteiger partial charge in [-0.2, -0.15) is 11.8 Å². The number of nitrogens with one attached hydrogen (secondary N) is 1. The fraction of sp³-hybridized carbons (Fsp3) is 1.00. The molecule has 0 aliphatic carbocycles. The van der Waals surface area contributed by atoms with Crippen LogP contribution >= 0.6 is 11.8 Å². The molecule has 3 heteroatoms. The number of thioether (sulfide) groups is 1. The Hall–Kier alpha value is 0.270. The Balaban J connectivity index is 2.45. The first kappa shape index (κ1) is 17.3. The maximum absolute atomic E-state index is 6.00. The first-order valence-corrected chi connectivity index (χ1v) is 9.39. The van der Waals surface area contributed by atoms with Gasteiger partial charge in [0.1, 0.15) is 0 Å². The molecule has 0 radical (unpaired) electrons. The highest BCUT2D eigenvalue weighted by molar-refractivity contribution is 7.99. The Labute approximate surface area is 124 Å². The normalized spacial score (nSPS) is 23.2. The zero-order chi connectivity index (χ0) is 13.9. The van der Waals surface area contributed by atoms with E-state index in [4.69, 9.17) is 4.74 Å². The zero-order valence-electron chi connectivity index (χ0n) is 13.1. The van der Waals surface area contributed by atoms with Crippen molar-refractivity contribution < 1.29 is 4.74 Å². The third-order valence-electron chi connectivity index (χ3n) is 4.08. The molecule has 0 aromatic rings. The van der Waals surface area contributed by atoms with Gasteiger partial charge < -0.3 is 10.1 Å². The average Bonchev–Trinajstić information content (AvgIpc) is 2.47. The minimum absolute atomic E-state index is 0.431. The van der Waals surface area contributed by atoms with Gasteiger partial charge in [-0.05, 0) is 25.3 Å². The molecule has 1 heterocycles. The second-order valence-electron chi connectivity index (χ2n) is 5.70. The predicted octanol–water partition coefficient (Wildman–Crippen LogP) is 4.09. The molecule has 1 aliphatic heterocycles. The molecule has 0 bridgehead atoms. The van der Waals surface area contributed by atoms with Crippen molar-refractivity contribution in [3.63, 3.8) is 0 Å². The molecule has 0 aromatic heterocycles. The van der Waals surface area contributed by atoms with Gasteiger partial charge >= 0.3 is 0 Å². The predicted molar refractivity (Wildman–Crippen MR) is 87.1 cm³/mol. The average molecular weight is 288 g/mol. The second kappa shape index (κ2) is 11.0. The van der Waals surface area contributed by atoms with Crippen molar-refractivity contribution in [3.05, 3.63) is 0 Å². The summed E-state index contributed by atoms with van der Waals surface area (Å²) in [5.74, 6) is 3.21. The van der Waals surface area contributed by atoms with E-state index in [9.17, 15) is 0 Å². The molecule has 1 N–H and O–H groups in total. The van der Waals surface area contributed by atoms with Crippen LogP contribution in [-0.4, -0.2) is 36.8 Å². The third-order valence-corrected chi connectivity index (χ3v) is 5.10. The lowest BCUT2D eigenvalue weighted by molar-refractivity contribution is 0.0394. The molecular formula is C16H33NOS. The standard InChI is InChI=1S/C16H33NOS/c1-4-7-8-14(6-3)12-15(17-9-5-2)16-13-19-11-10-18-16/h14-17H,4-13H2,1-3H3. The van der Waals surface area contributed by atoms with E-state index in [1.54, 1.807) is 0 Å². The summed E-state index contributed by atoms with van der Waals surface area (Å²) in [6, 6.07) is 0.564. The van der Waals surface area contributed by atoms with Crippen molar-refractivity contribution in [1.29, 1.82) is 0 Å². The molecular weight excluding hydrogens is 254 g/mol. The first-order chi connectivity index (χ1) is 9.31. The molecule has 114 valence electrons. The summed E-state index contributed by atoms with van der Waals surface area (Å²) in [6.07, 6.45) is 8.32. The Morgan fingerprint density at radius 2 is 2.11 bits per heavy atom. The number of hydrogen-bond donors (Lipinski definition) is 1. The van der Waals surface area contributed by atoms with Crippen molar-refractivity contribution in [1.82, 2.24) is 5.32 Å². The van der Waals surface area contributed by atoms with E-state index in [0.717, 1.165) is 19.1 Å². The highest BCUT2D eigenvalue weighted by atomic mass is 32.2. The van der Waals surface area contributed by atoms with Crippen molar-refractivity contribution in [3.8, 4) is 0 Å². The maximum Gasteiger partial charge on any atom is 0.0818 e. The Morgan fingerprint density at radius 1 is 1.26 bits per heavy atom. The van der Waals surface area contributed by atoms with E-state index in [-0.39, 0.29) is 0 Å². The number of ether oxygens (including phenoxy) is 1. The number of rotatable bonds is 10. The van der Waals surface area contributed by atoms with Gasteiger partial charge in [0.15, 0.2) is 0 Å². The summed E-state index contributed by atoms with van der Waals surface area (Å²) in [5, 5.41) is 3.74. The molecule has 1 fully saturated rings. The molecule has 0 saturated carbocycles. The summed E-state index contributed by atoms with van der Waals surface area (Å²) in [6.45, 7) is 8.94. The van der Waals surface area contributed by atoms with Crippen LogP contribution in [0.5, 0.6) is 0 Å². The largest absolute Gasteiger partial charge is 0.375 e. The van der Waals surface area contributed by atoms with Gasteiger partial charge in [-0.25, -0.2) is 0 Å². The van der Waals surface area contributed by atoms with Crippen LogP contribution in [0.1, 0.15) is 59.3 Å². The van der Waals surface area contributed by atoms with Crippen LogP contribution < -0.4 is 5.32 Å². The van der Waals surface area contributed by atoms with E-state index in [0.29, 0.717) is 12.1 Å².